The van der Waals surface area contributed by atoms with E-state index in [1.165, 1.54) is 0 Å². The van der Waals surface area contributed by atoms with Crippen LogP contribution in [0.1, 0.15) is 29.6 Å². The quantitative estimate of drug-likeness (QED) is 0.860. The number of rotatable bonds is 3. The molecule has 1 saturated carbocycles. The van der Waals surface area contributed by atoms with Crippen LogP contribution in [0.25, 0.3) is 0 Å². The van der Waals surface area contributed by atoms with E-state index in [1.807, 2.05) is 0 Å². The Balaban J connectivity index is 0.00000180. The second-order valence-electron chi connectivity index (χ2n) is 4.64. The monoisotopic (exact) mass is 366 g/mol. The predicted octanol–water partition coefficient (Wildman–Crippen LogP) is 3.38. The molecule has 2 unspecified atom stereocenters. The Hall–Kier alpha value is -0.290. The molecule has 1 aromatic carbocycles. The smallest absolute Gasteiger partial charge is 0.251 e. The Morgan fingerprint density at radius 3 is 2.84 bits per heavy atom. The van der Waals surface area contributed by atoms with Crippen LogP contribution in [-0.2, 0) is 0 Å². The summed E-state index contributed by atoms with van der Waals surface area (Å²) >= 11 is 9.23. The minimum atomic E-state index is -0.0577. The zero-order chi connectivity index (χ0) is 13.1. The number of nitrogens with two attached hydrogens (primary N) is 1. The molecule has 0 spiro atoms. The number of nitrogens with one attached hydrogen (secondary N) is 1. The zero-order valence-corrected chi connectivity index (χ0v) is 13.5. The van der Waals surface area contributed by atoms with Gasteiger partial charge in [-0.25, -0.2) is 0 Å². The summed E-state index contributed by atoms with van der Waals surface area (Å²) in [6.45, 7) is 0.634. The molecule has 19 heavy (non-hydrogen) atoms. The van der Waals surface area contributed by atoms with E-state index in [2.05, 4.69) is 21.2 Å². The van der Waals surface area contributed by atoms with Crippen LogP contribution in [-0.4, -0.2) is 18.5 Å². The number of carbonyl (C=O) groups is 1. The van der Waals surface area contributed by atoms with Gasteiger partial charge in [0.05, 0.1) is 5.02 Å². The number of benzene rings is 1. The second-order valence-corrected chi connectivity index (χ2v) is 5.90. The number of carbonyl (C=O) groups excluding carboxylic acids is 1. The van der Waals surface area contributed by atoms with Crippen LogP contribution in [0.3, 0.4) is 0 Å². The Kier molecular flexibility index (Phi) is 6.60. The number of hydrogen-bond donors (Lipinski definition) is 2. The standard InChI is InChI=1S/C13H16BrClN2O.ClH/c14-10-6-8(4-5-11(10)15)13(18)17-12-3-1-2-9(12)7-16;/h4-6,9,12H,1-3,7,16H2,(H,17,18);1H. The maximum atomic E-state index is 12.1. The lowest BCUT2D eigenvalue weighted by atomic mass is 10.0. The highest BCUT2D eigenvalue weighted by atomic mass is 79.9. The van der Waals surface area contributed by atoms with Crippen molar-refractivity contribution in [2.45, 2.75) is 25.3 Å². The summed E-state index contributed by atoms with van der Waals surface area (Å²) in [5.74, 6) is 0.349. The average Bonchev–Trinajstić information content (AvgIpc) is 2.79. The second kappa shape index (κ2) is 7.48. The van der Waals surface area contributed by atoms with E-state index in [4.69, 9.17) is 17.3 Å². The van der Waals surface area contributed by atoms with Crippen molar-refractivity contribution in [3.8, 4) is 0 Å². The Morgan fingerprint density at radius 2 is 2.21 bits per heavy atom. The molecule has 2 atom stereocenters. The van der Waals surface area contributed by atoms with Gasteiger partial charge in [-0.15, -0.1) is 12.4 Å². The summed E-state index contributed by atoms with van der Waals surface area (Å²) in [7, 11) is 0. The Labute approximate surface area is 132 Å². The van der Waals surface area contributed by atoms with Gasteiger partial charge in [0, 0.05) is 16.1 Å². The van der Waals surface area contributed by atoms with Crippen LogP contribution in [0.5, 0.6) is 0 Å². The van der Waals surface area contributed by atoms with Gasteiger partial charge >= 0.3 is 0 Å². The molecule has 3 nitrogen and oxygen atoms in total. The fourth-order valence-corrected chi connectivity index (χ4v) is 2.89. The molecule has 2 rings (SSSR count). The molecule has 0 heterocycles. The molecule has 106 valence electrons. The Morgan fingerprint density at radius 1 is 1.47 bits per heavy atom. The highest BCUT2D eigenvalue weighted by molar-refractivity contribution is 9.10. The van der Waals surface area contributed by atoms with E-state index in [9.17, 15) is 4.79 Å². The van der Waals surface area contributed by atoms with Gasteiger partial charge in [0.25, 0.3) is 5.91 Å². The van der Waals surface area contributed by atoms with Crippen LogP contribution in [0.4, 0.5) is 0 Å². The molecule has 0 aromatic heterocycles. The molecule has 3 N–H and O–H groups in total. The summed E-state index contributed by atoms with van der Waals surface area (Å²) < 4.78 is 0.735. The highest BCUT2D eigenvalue weighted by Gasteiger charge is 2.27. The number of hydrogen-bond acceptors (Lipinski definition) is 2. The molecule has 1 aliphatic rings. The molecule has 1 aromatic rings. The van der Waals surface area contributed by atoms with Crippen LogP contribution >= 0.6 is 39.9 Å². The Bertz CT molecular complexity index is 456. The molecule has 0 radical (unpaired) electrons. The largest absolute Gasteiger partial charge is 0.349 e. The molecular weight excluding hydrogens is 351 g/mol. The highest BCUT2D eigenvalue weighted by Crippen LogP contribution is 2.26. The molecule has 6 heteroatoms. The lowest BCUT2D eigenvalue weighted by molar-refractivity contribution is 0.0928. The maximum absolute atomic E-state index is 12.1. The van der Waals surface area contributed by atoms with Gasteiger partial charge in [0.2, 0.25) is 0 Å². The summed E-state index contributed by atoms with van der Waals surface area (Å²) in [5.41, 5.74) is 6.33. The zero-order valence-electron chi connectivity index (χ0n) is 10.4. The molecule has 1 fully saturated rings. The first-order chi connectivity index (χ1) is 8.61. The number of amides is 1. The first kappa shape index (κ1) is 16.8. The van der Waals surface area contributed by atoms with Crippen LogP contribution in [0.15, 0.2) is 22.7 Å². The van der Waals surface area contributed by atoms with Crippen molar-refractivity contribution in [1.29, 1.82) is 0 Å². The van der Waals surface area contributed by atoms with Crippen molar-refractivity contribution >= 4 is 45.8 Å². The third-order valence-corrected chi connectivity index (χ3v) is 4.67. The van der Waals surface area contributed by atoms with E-state index < -0.39 is 0 Å². The first-order valence-corrected chi connectivity index (χ1v) is 7.25. The molecule has 0 aliphatic heterocycles. The van der Waals surface area contributed by atoms with Crippen molar-refractivity contribution in [3.63, 3.8) is 0 Å². The van der Waals surface area contributed by atoms with Crippen molar-refractivity contribution in [2.75, 3.05) is 6.54 Å². The maximum Gasteiger partial charge on any atom is 0.251 e. The first-order valence-electron chi connectivity index (χ1n) is 6.08. The predicted molar refractivity (Wildman–Crippen MR) is 84.0 cm³/mol. The molecule has 1 amide bonds. The van der Waals surface area contributed by atoms with E-state index in [0.717, 1.165) is 23.7 Å². The molecule has 0 saturated heterocycles. The van der Waals surface area contributed by atoms with Gasteiger partial charge in [0.1, 0.15) is 0 Å². The van der Waals surface area contributed by atoms with Crippen molar-refractivity contribution in [3.05, 3.63) is 33.3 Å². The lowest BCUT2D eigenvalue weighted by Crippen LogP contribution is -2.39. The summed E-state index contributed by atoms with van der Waals surface area (Å²) in [4.78, 5) is 12.1. The molecular formula is C13H17BrCl2N2O. The van der Waals surface area contributed by atoms with Gasteiger partial charge in [-0.3, -0.25) is 4.79 Å². The van der Waals surface area contributed by atoms with Gasteiger partial charge in [-0.1, -0.05) is 18.0 Å². The minimum Gasteiger partial charge on any atom is -0.349 e. The van der Waals surface area contributed by atoms with Gasteiger partial charge in [0.15, 0.2) is 0 Å². The van der Waals surface area contributed by atoms with E-state index in [-0.39, 0.29) is 24.4 Å². The van der Waals surface area contributed by atoms with Crippen molar-refractivity contribution < 1.29 is 4.79 Å². The third-order valence-electron chi connectivity index (χ3n) is 3.46. The fraction of sp³-hybridized carbons (Fsp3) is 0.462. The lowest BCUT2D eigenvalue weighted by Gasteiger charge is -2.19. The van der Waals surface area contributed by atoms with Crippen LogP contribution in [0, 0.1) is 5.92 Å². The summed E-state index contributed by atoms with van der Waals surface area (Å²) in [5, 5.41) is 3.66. The van der Waals surface area contributed by atoms with E-state index in [1.54, 1.807) is 18.2 Å². The average molecular weight is 368 g/mol. The summed E-state index contributed by atoms with van der Waals surface area (Å²) in [6, 6.07) is 5.39. The van der Waals surface area contributed by atoms with Crippen molar-refractivity contribution in [2.24, 2.45) is 11.7 Å². The number of halogens is 3. The SMILES string of the molecule is Cl.NCC1CCCC1NC(=O)c1ccc(Cl)c(Br)c1. The van der Waals surface area contributed by atoms with Gasteiger partial charge in [-0.05, 0) is 59.4 Å². The topological polar surface area (TPSA) is 55.1 Å². The molecule has 0 bridgehead atoms. The molecule has 1 aliphatic carbocycles. The van der Waals surface area contributed by atoms with Crippen molar-refractivity contribution in [1.82, 2.24) is 5.32 Å². The van der Waals surface area contributed by atoms with Gasteiger partial charge < -0.3 is 11.1 Å². The minimum absolute atomic E-state index is 0. The van der Waals surface area contributed by atoms with E-state index >= 15 is 0 Å². The van der Waals surface area contributed by atoms with Gasteiger partial charge in [-0.2, -0.15) is 0 Å². The van der Waals surface area contributed by atoms with Crippen LogP contribution in [0.2, 0.25) is 5.02 Å². The third kappa shape index (κ3) is 4.09. The fourth-order valence-electron chi connectivity index (χ4n) is 2.40. The van der Waals surface area contributed by atoms with E-state index in [0.29, 0.717) is 23.0 Å². The van der Waals surface area contributed by atoms with Crippen LogP contribution < -0.4 is 11.1 Å². The summed E-state index contributed by atoms with van der Waals surface area (Å²) in [6.07, 6.45) is 3.26. The normalized spacial score (nSPS) is 21.8.